The second-order valence-corrected chi connectivity index (χ2v) is 7.05. The van der Waals surface area contributed by atoms with E-state index in [2.05, 4.69) is 0 Å². The molecule has 0 aromatic heterocycles. The summed E-state index contributed by atoms with van der Waals surface area (Å²) in [6, 6.07) is 16.4. The maximum atomic E-state index is 13.0. The van der Waals surface area contributed by atoms with Crippen molar-refractivity contribution in [3.05, 3.63) is 71.8 Å². The number of carbonyl (C=O) groups is 3. The van der Waals surface area contributed by atoms with Gasteiger partial charge < -0.3 is 15.3 Å². The molecule has 2 N–H and O–H groups in total. The van der Waals surface area contributed by atoms with Crippen molar-refractivity contribution in [3.63, 3.8) is 0 Å². The molecule has 2 aromatic carbocycles. The van der Waals surface area contributed by atoms with E-state index in [9.17, 15) is 14.4 Å². The van der Waals surface area contributed by atoms with Crippen molar-refractivity contribution in [2.24, 2.45) is 11.7 Å². The van der Waals surface area contributed by atoms with Gasteiger partial charge in [-0.25, -0.2) is 9.69 Å². The van der Waals surface area contributed by atoms with Gasteiger partial charge in [-0.3, -0.25) is 4.79 Å². The summed E-state index contributed by atoms with van der Waals surface area (Å²) in [5.74, 6) is -0.749. The van der Waals surface area contributed by atoms with Gasteiger partial charge in [0.25, 0.3) is 0 Å². The van der Waals surface area contributed by atoms with E-state index in [4.69, 9.17) is 10.5 Å². The fourth-order valence-corrected chi connectivity index (χ4v) is 2.89. The molecule has 0 saturated heterocycles. The predicted octanol–water partition coefficient (Wildman–Crippen LogP) is 3.34. The summed E-state index contributed by atoms with van der Waals surface area (Å²) in [5.41, 5.74) is 7.70. The molecule has 154 valence electrons. The number of hydrogen-bond donors (Lipinski definition) is 1. The molecular weight excluding hydrogens is 368 g/mol. The molecule has 0 aliphatic rings. The molecule has 6 heteroatoms. The second kappa shape index (κ2) is 11.1. The maximum absolute atomic E-state index is 13.0. The Morgan fingerprint density at radius 1 is 1.03 bits per heavy atom. The molecule has 6 nitrogen and oxygen atoms in total. The number of imide groups is 1. The first-order valence-corrected chi connectivity index (χ1v) is 9.76. The average Bonchev–Trinajstić information content (AvgIpc) is 2.77. The molecule has 0 unspecified atom stereocenters. The summed E-state index contributed by atoms with van der Waals surface area (Å²) in [5, 5.41) is 0. The van der Waals surface area contributed by atoms with Gasteiger partial charge in [-0.15, -0.1) is 0 Å². The van der Waals surface area contributed by atoms with E-state index in [-0.39, 0.29) is 18.9 Å². The topological polar surface area (TPSA) is 89.7 Å². The van der Waals surface area contributed by atoms with Crippen LogP contribution in [0.25, 0.3) is 0 Å². The molecule has 0 bridgehead atoms. The molecule has 0 fully saturated rings. The van der Waals surface area contributed by atoms with Gasteiger partial charge in [0.1, 0.15) is 18.9 Å². The Balaban J connectivity index is 2.24. The van der Waals surface area contributed by atoms with Gasteiger partial charge in [0.2, 0.25) is 5.91 Å². The van der Waals surface area contributed by atoms with Crippen LogP contribution < -0.4 is 5.73 Å². The first-order valence-electron chi connectivity index (χ1n) is 9.76. The normalized spacial score (nSPS) is 13.8. The number of aldehydes is 1. The van der Waals surface area contributed by atoms with Gasteiger partial charge in [-0.2, -0.15) is 0 Å². The summed E-state index contributed by atoms with van der Waals surface area (Å²) >= 11 is 0. The first-order chi connectivity index (χ1) is 14.0. The summed E-state index contributed by atoms with van der Waals surface area (Å²) in [7, 11) is 0. The summed E-state index contributed by atoms with van der Waals surface area (Å²) < 4.78 is 5.35. The van der Waals surface area contributed by atoms with E-state index in [1.54, 1.807) is 0 Å². The Kier molecular flexibility index (Phi) is 8.55. The van der Waals surface area contributed by atoms with Crippen LogP contribution >= 0.6 is 0 Å². The van der Waals surface area contributed by atoms with E-state index in [1.165, 1.54) is 0 Å². The highest BCUT2D eigenvalue weighted by Crippen LogP contribution is 2.16. The van der Waals surface area contributed by atoms with Crippen LogP contribution in [0.2, 0.25) is 0 Å². The Labute approximate surface area is 171 Å². The number of rotatable bonds is 9. The third-order valence-electron chi connectivity index (χ3n) is 4.96. The summed E-state index contributed by atoms with van der Waals surface area (Å²) in [6.45, 7) is 3.75. The standard InChI is InChI=1S/C23H28N2O4/c1-3-17(2)21(24)22(27)25(20(15-26)14-18-10-6-4-7-11-18)23(28)29-16-19-12-8-5-9-13-19/h4-13,15,17,20-21H,3,14,16,24H2,1-2H3/t17-,20-,21-/m0/s1. The van der Waals surface area contributed by atoms with Gasteiger partial charge in [0.05, 0.1) is 6.04 Å². The molecule has 0 spiro atoms. The van der Waals surface area contributed by atoms with Crippen LogP contribution in [0.1, 0.15) is 31.4 Å². The molecule has 2 amide bonds. The van der Waals surface area contributed by atoms with Crippen molar-refractivity contribution in [2.75, 3.05) is 0 Å². The molecule has 2 rings (SSSR count). The van der Waals surface area contributed by atoms with Crippen LogP contribution in [0.15, 0.2) is 60.7 Å². The molecule has 0 aliphatic carbocycles. The number of hydrogen-bond acceptors (Lipinski definition) is 5. The van der Waals surface area contributed by atoms with Crippen molar-refractivity contribution in [3.8, 4) is 0 Å². The lowest BCUT2D eigenvalue weighted by Gasteiger charge is -2.30. The van der Waals surface area contributed by atoms with E-state index < -0.39 is 24.1 Å². The number of benzene rings is 2. The van der Waals surface area contributed by atoms with Crippen molar-refractivity contribution >= 4 is 18.3 Å². The van der Waals surface area contributed by atoms with Crippen molar-refractivity contribution < 1.29 is 19.1 Å². The van der Waals surface area contributed by atoms with E-state index >= 15 is 0 Å². The monoisotopic (exact) mass is 396 g/mol. The lowest BCUT2D eigenvalue weighted by molar-refractivity contribution is -0.136. The maximum Gasteiger partial charge on any atom is 0.417 e. The molecule has 0 heterocycles. The van der Waals surface area contributed by atoms with Crippen LogP contribution in [0.5, 0.6) is 0 Å². The first kappa shape index (κ1) is 22.3. The largest absolute Gasteiger partial charge is 0.444 e. The number of ether oxygens (including phenoxy) is 1. The number of carbonyl (C=O) groups excluding carboxylic acids is 3. The summed E-state index contributed by atoms with van der Waals surface area (Å²) in [6.07, 6.45) is 0.595. The molecule has 29 heavy (non-hydrogen) atoms. The Morgan fingerprint density at radius 2 is 1.59 bits per heavy atom. The average molecular weight is 396 g/mol. The third kappa shape index (κ3) is 6.26. The van der Waals surface area contributed by atoms with Gasteiger partial charge >= 0.3 is 6.09 Å². The molecule has 0 aliphatic heterocycles. The Morgan fingerprint density at radius 3 is 2.10 bits per heavy atom. The lowest BCUT2D eigenvalue weighted by atomic mass is 9.97. The minimum atomic E-state index is -0.997. The van der Waals surface area contributed by atoms with Gasteiger partial charge in [-0.1, -0.05) is 80.9 Å². The zero-order chi connectivity index (χ0) is 21.2. The molecule has 2 aromatic rings. The number of nitrogens with two attached hydrogens (primary N) is 1. The van der Waals surface area contributed by atoms with Crippen LogP contribution in [0.3, 0.4) is 0 Å². The zero-order valence-corrected chi connectivity index (χ0v) is 16.9. The minimum Gasteiger partial charge on any atom is -0.444 e. The van der Waals surface area contributed by atoms with Crippen LogP contribution in [0, 0.1) is 5.92 Å². The van der Waals surface area contributed by atoms with E-state index in [0.29, 0.717) is 12.7 Å². The highest BCUT2D eigenvalue weighted by atomic mass is 16.6. The minimum absolute atomic E-state index is 0.00105. The SMILES string of the molecule is CC[C@H](C)[C@H](N)C(=O)N(C(=O)OCc1ccccc1)[C@H](C=O)Cc1ccccc1. The van der Waals surface area contributed by atoms with Crippen LogP contribution in [-0.2, 0) is 27.4 Å². The fourth-order valence-electron chi connectivity index (χ4n) is 2.89. The van der Waals surface area contributed by atoms with Crippen LogP contribution in [0.4, 0.5) is 4.79 Å². The molecule has 3 atom stereocenters. The lowest BCUT2D eigenvalue weighted by Crippen LogP contribution is -2.54. The molecule has 0 saturated carbocycles. The van der Waals surface area contributed by atoms with Gasteiger partial charge in [-0.05, 0) is 17.0 Å². The Hall–Kier alpha value is -2.99. The summed E-state index contributed by atoms with van der Waals surface area (Å²) in [4.78, 5) is 38.6. The quantitative estimate of drug-likeness (QED) is 0.657. The number of nitrogens with zero attached hydrogens (tertiary/aromatic N) is 1. The molecular formula is C23H28N2O4. The highest BCUT2D eigenvalue weighted by Gasteiger charge is 2.36. The highest BCUT2D eigenvalue weighted by molar-refractivity contribution is 5.97. The van der Waals surface area contributed by atoms with E-state index in [0.717, 1.165) is 16.0 Å². The number of amides is 2. The van der Waals surface area contributed by atoms with Crippen molar-refractivity contribution in [2.45, 2.75) is 45.4 Å². The molecule has 0 radical (unpaired) electrons. The van der Waals surface area contributed by atoms with E-state index in [1.807, 2.05) is 74.5 Å². The fraction of sp³-hybridized carbons (Fsp3) is 0.348. The third-order valence-corrected chi connectivity index (χ3v) is 4.96. The van der Waals surface area contributed by atoms with Crippen LogP contribution in [-0.4, -0.2) is 35.3 Å². The van der Waals surface area contributed by atoms with Gasteiger partial charge in [0.15, 0.2) is 0 Å². The zero-order valence-electron chi connectivity index (χ0n) is 16.9. The Bertz CT molecular complexity index is 795. The van der Waals surface area contributed by atoms with Crippen molar-refractivity contribution in [1.82, 2.24) is 4.90 Å². The predicted molar refractivity (Wildman–Crippen MR) is 111 cm³/mol. The smallest absolute Gasteiger partial charge is 0.417 e. The van der Waals surface area contributed by atoms with Gasteiger partial charge in [0, 0.05) is 6.42 Å². The van der Waals surface area contributed by atoms with Crippen molar-refractivity contribution in [1.29, 1.82) is 0 Å². The second-order valence-electron chi connectivity index (χ2n) is 7.05.